The Kier molecular flexibility index (Phi) is 4.51. The van der Waals surface area contributed by atoms with E-state index >= 15 is 0 Å². The minimum atomic E-state index is -1.32. The first-order chi connectivity index (χ1) is 11.5. The summed E-state index contributed by atoms with van der Waals surface area (Å²) >= 11 is 5.98. The standard InChI is InChI=1S/C17H13ClFNO4/c18-11-4-2-6-13(8-11)20-14(21)9-24-16(17(22)23)15(20)10-3-1-5-12(19)7-10/h1-8,15-16H,9H2,(H,22,23)/t15-,16+/m1/s1. The predicted octanol–water partition coefficient (Wildman–Crippen LogP) is 3.04. The van der Waals surface area contributed by atoms with E-state index in [-0.39, 0.29) is 6.61 Å². The fourth-order valence-corrected chi connectivity index (χ4v) is 2.95. The molecule has 0 spiro atoms. The zero-order chi connectivity index (χ0) is 17.3. The molecule has 7 heteroatoms. The van der Waals surface area contributed by atoms with Crippen molar-refractivity contribution in [3.63, 3.8) is 0 Å². The molecule has 2 atom stereocenters. The van der Waals surface area contributed by atoms with Crippen LogP contribution in [0.1, 0.15) is 11.6 Å². The third-order valence-electron chi connectivity index (χ3n) is 3.74. The van der Waals surface area contributed by atoms with E-state index in [1.807, 2.05) is 0 Å². The zero-order valence-electron chi connectivity index (χ0n) is 12.4. The summed E-state index contributed by atoms with van der Waals surface area (Å²) in [7, 11) is 0. The van der Waals surface area contributed by atoms with Crippen molar-refractivity contribution in [3.05, 3.63) is 64.9 Å². The highest BCUT2D eigenvalue weighted by atomic mass is 35.5. The van der Waals surface area contributed by atoms with Crippen molar-refractivity contribution in [2.24, 2.45) is 0 Å². The Morgan fingerprint density at radius 1 is 1.25 bits per heavy atom. The highest BCUT2D eigenvalue weighted by Crippen LogP contribution is 2.35. The van der Waals surface area contributed by atoms with Gasteiger partial charge in [-0.25, -0.2) is 9.18 Å². The normalized spacial score (nSPS) is 20.9. The van der Waals surface area contributed by atoms with Crippen molar-refractivity contribution < 1.29 is 23.8 Å². The van der Waals surface area contributed by atoms with E-state index < -0.39 is 29.8 Å². The molecule has 2 aromatic rings. The number of hydrogen-bond donors (Lipinski definition) is 1. The largest absolute Gasteiger partial charge is 0.479 e. The summed E-state index contributed by atoms with van der Waals surface area (Å²) < 4.78 is 18.8. The van der Waals surface area contributed by atoms with Gasteiger partial charge in [-0.15, -0.1) is 0 Å². The molecule has 1 saturated heterocycles. The summed E-state index contributed by atoms with van der Waals surface area (Å²) in [4.78, 5) is 25.3. The second-order valence-electron chi connectivity index (χ2n) is 5.31. The second-order valence-corrected chi connectivity index (χ2v) is 5.75. The van der Waals surface area contributed by atoms with E-state index in [0.29, 0.717) is 16.3 Å². The highest BCUT2D eigenvalue weighted by molar-refractivity contribution is 6.30. The van der Waals surface area contributed by atoms with Gasteiger partial charge in [-0.3, -0.25) is 9.69 Å². The van der Waals surface area contributed by atoms with Gasteiger partial charge in [-0.1, -0.05) is 29.8 Å². The van der Waals surface area contributed by atoms with Crippen LogP contribution in [0.4, 0.5) is 10.1 Å². The van der Waals surface area contributed by atoms with Gasteiger partial charge in [0.25, 0.3) is 5.91 Å². The molecular weight excluding hydrogens is 337 g/mol. The lowest BCUT2D eigenvalue weighted by Crippen LogP contribution is -2.52. The summed E-state index contributed by atoms with van der Waals surface area (Å²) in [6.45, 7) is -0.380. The van der Waals surface area contributed by atoms with E-state index in [1.54, 1.807) is 30.3 Å². The zero-order valence-corrected chi connectivity index (χ0v) is 13.1. The van der Waals surface area contributed by atoms with Gasteiger partial charge in [0, 0.05) is 10.7 Å². The van der Waals surface area contributed by atoms with E-state index in [0.717, 1.165) is 0 Å². The topological polar surface area (TPSA) is 66.8 Å². The molecule has 1 aliphatic heterocycles. The Labute approximate surface area is 142 Å². The van der Waals surface area contributed by atoms with Gasteiger partial charge >= 0.3 is 5.97 Å². The van der Waals surface area contributed by atoms with Crippen LogP contribution < -0.4 is 4.90 Å². The van der Waals surface area contributed by atoms with Crippen LogP contribution in [0.15, 0.2) is 48.5 Å². The maximum atomic E-state index is 13.6. The molecule has 0 radical (unpaired) electrons. The van der Waals surface area contributed by atoms with Crippen molar-refractivity contribution >= 4 is 29.2 Å². The van der Waals surface area contributed by atoms with Crippen LogP contribution in [0.25, 0.3) is 0 Å². The minimum Gasteiger partial charge on any atom is -0.479 e. The number of anilines is 1. The number of aliphatic carboxylic acids is 1. The lowest BCUT2D eigenvalue weighted by atomic mass is 9.97. The number of ether oxygens (including phenoxy) is 1. The van der Waals surface area contributed by atoms with E-state index in [4.69, 9.17) is 16.3 Å². The molecule has 1 aliphatic rings. The van der Waals surface area contributed by atoms with Crippen molar-refractivity contribution in [2.45, 2.75) is 12.1 Å². The molecule has 24 heavy (non-hydrogen) atoms. The van der Waals surface area contributed by atoms with Gasteiger partial charge in [0.2, 0.25) is 0 Å². The molecule has 0 aliphatic carbocycles. The van der Waals surface area contributed by atoms with Gasteiger partial charge < -0.3 is 9.84 Å². The van der Waals surface area contributed by atoms with Crippen molar-refractivity contribution in [2.75, 3.05) is 11.5 Å². The minimum absolute atomic E-state index is 0.329. The predicted molar refractivity (Wildman–Crippen MR) is 85.5 cm³/mol. The maximum absolute atomic E-state index is 13.6. The lowest BCUT2D eigenvalue weighted by molar-refractivity contribution is -0.157. The number of benzene rings is 2. The van der Waals surface area contributed by atoms with Gasteiger partial charge in [0.15, 0.2) is 6.10 Å². The van der Waals surface area contributed by atoms with Crippen LogP contribution in [0.3, 0.4) is 0 Å². The number of carboxylic acid groups (broad SMARTS) is 1. The number of carbonyl (C=O) groups excluding carboxylic acids is 1. The Hall–Kier alpha value is -2.44. The Bertz CT molecular complexity index is 798. The highest BCUT2D eigenvalue weighted by Gasteiger charge is 2.42. The fraction of sp³-hybridized carbons (Fsp3) is 0.176. The first-order valence-electron chi connectivity index (χ1n) is 7.15. The van der Waals surface area contributed by atoms with Gasteiger partial charge in [-0.05, 0) is 35.9 Å². The van der Waals surface area contributed by atoms with Crippen molar-refractivity contribution in [1.82, 2.24) is 0 Å². The van der Waals surface area contributed by atoms with Crippen LogP contribution in [-0.4, -0.2) is 29.7 Å². The van der Waals surface area contributed by atoms with Crippen LogP contribution >= 0.6 is 11.6 Å². The molecule has 1 heterocycles. The Morgan fingerprint density at radius 2 is 2.00 bits per heavy atom. The smallest absolute Gasteiger partial charge is 0.335 e. The second kappa shape index (κ2) is 6.59. The number of halogens is 2. The number of morpholine rings is 1. The van der Waals surface area contributed by atoms with E-state index in [2.05, 4.69) is 0 Å². The molecule has 124 valence electrons. The van der Waals surface area contributed by atoms with Crippen LogP contribution in [0, 0.1) is 5.82 Å². The van der Waals surface area contributed by atoms with Gasteiger partial charge in [0.05, 0.1) is 6.04 Å². The molecular formula is C17H13ClFNO4. The summed E-state index contributed by atoms with van der Waals surface area (Å²) in [5.74, 6) is -2.19. The first-order valence-corrected chi connectivity index (χ1v) is 7.52. The van der Waals surface area contributed by atoms with Crippen LogP contribution in [-0.2, 0) is 14.3 Å². The first kappa shape index (κ1) is 16.4. The summed E-state index contributed by atoms with van der Waals surface area (Å²) in [5.41, 5.74) is 0.756. The summed E-state index contributed by atoms with van der Waals surface area (Å²) in [6, 6.07) is 10.9. The van der Waals surface area contributed by atoms with Gasteiger partial charge in [0.1, 0.15) is 12.4 Å². The van der Waals surface area contributed by atoms with Crippen LogP contribution in [0.2, 0.25) is 5.02 Å². The molecule has 0 bridgehead atoms. The maximum Gasteiger partial charge on any atom is 0.335 e. The molecule has 0 unspecified atom stereocenters. The van der Waals surface area contributed by atoms with Crippen molar-refractivity contribution in [3.8, 4) is 0 Å². The Morgan fingerprint density at radius 3 is 2.67 bits per heavy atom. The molecule has 0 saturated carbocycles. The molecule has 5 nitrogen and oxygen atoms in total. The average Bonchev–Trinajstić information content (AvgIpc) is 2.54. The van der Waals surface area contributed by atoms with E-state index in [9.17, 15) is 19.1 Å². The molecule has 3 rings (SSSR count). The third-order valence-corrected chi connectivity index (χ3v) is 3.98. The molecule has 1 fully saturated rings. The monoisotopic (exact) mass is 349 g/mol. The number of nitrogens with zero attached hydrogens (tertiary/aromatic N) is 1. The molecule has 1 N–H and O–H groups in total. The SMILES string of the molecule is O=C(O)[C@H]1OCC(=O)N(c2cccc(Cl)c2)[C@@H]1c1cccc(F)c1. The lowest BCUT2D eigenvalue weighted by Gasteiger charge is -2.39. The molecule has 0 aromatic heterocycles. The summed E-state index contributed by atoms with van der Waals surface area (Å²) in [5, 5.41) is 9.86. The number of carbonyl (C=O) groups is 2. The number of carboxylic acids is 1. The number of amides is 1. The average molecular weight is 350 g/mol. The van der Waals surface area contributed by atoms with Crippen molar-refractivity contribution in [1.29, 1.82) is 0 Å². The Balaban J connectivity index is 2.14. The molecule has 1 amide bonds. The third kappa shape index (κ3) is 3.11. The fourth-order valence-electron chi connectivity index (χ4n) is 2.76. The van der Waals surface area contributed by atoms with Gasteiger partial charge in [-0.2, -0.15) is 0 Å². The number of hydrogen-bond acceptors (Lipinski definition) is 3. The quantitative estimate of drug-likeness (QED) is 0.925. The summed E-state index contributed by atoms with van der Waals surface area (Å²) in [6.07, 6.45) is -1.32. The number of rotatable bonds is 3. The van der Waals surface area contributed by atoms with E-state index in [1.165, 1.54) is 23.1 Å². The van der Waals surface area contributed by atoms with Crippen LogP contribution in [0.5, 0.6) is 0 Å². The molecule has 2 aromatic carbocycles.